The van der Waals surface area contributed by atoms with Gasteiger partial charge in [0.25, 0.3) is 0 Å². The van der Waals surface area contributed by atoms with E-state index in [2.05, 4.69) is 15.3 Å². The highest BCUT2D eigenvalue weighted by Crippen LogP contribution is 2.40. The van der Waals surface area contributed by atoms with E-state index in [1.54, 1.807) is 6.07 Å². The van der Waals surface area contributed by atoms with E-state index in [0.717, 1.165) is 6.20 Å². The molecule has 0 aliphatic heterocycles. The lowest BCUT2D eigenvalue weighted by Crippen LogP contribution is -2.23. The maximum absolute atomic E-state index is 14.6. The van der Waals surface area contributed by atoms with E-state index in [9.17, 15) is 27.1 Å². The fourth-order valence-corrected chi connectivity index (χ4v) is 2.52. The van der Waals surface area contributed by atoms with Crippen LogP contribution in [0.2, 0.25) is 0 Å². The van der Waals surface area contributed by atoms with Gasteiger partial charge in [0, 0.05) is 17.4 Å². The topological polar surface area (TPSA) is 58.0 Å². The van der Waals surface area contributed by atoms with Crippen molar-refractivity contribution < 1.29 is 27.1 Å². The number of alkyl halides is 5. The third-order valence-corrected chi connectivity index (χ3v) is 3.91. The van der Waals surface area contributed by atoms with Crippen molar-refractivity contribution in [2.75, 3.05) is 5.32 Å². The number of aromatic nitrogens is 2. The first-order chi connectivity index (χ1) is 13.2. The quantitative estimate of drug-likeness (QED) is 0.593. The van der Waals surface area contributed by atoms with E-state index in [-0.39, 0.29) is 22.8 Å². The van der Waals surface area contributed by atoms with Gasteiger partial charge in [0.2, 0.25) is 5.95 Å². The molecule has 146 valence electrons. The summed E-state index contributed by atoms with van der Waals surface area (Å²) in [4.78, 5) is 7.04. The van der Waals surface area contributed by atoms with Gasteiger partial charge in [0.05, 0.1) is 0 Å². The molecule has 2 N–H and O–H groups in total. The lowest BCUT2D eigenvalue weighted by atomic mass is 9.97. The number of benzene rings is 2. The number of hydrogen-bond donors (Lipinski definition) is 2. The van der Waals surface area contributed by atoms with Crippen LogP contribution in [0.3, 0.4) is 0 Å². The van der Waals surface area contributed by atoms with Gasteiger partial charge in [-0.2, -0.15) is 22.0 Å². The van der Waals surface area contributed by atoms with Crippen LogP contribution >= 0.6 is 0 Å². The lowest BCUT2D eigenvalue weighted by Gasteiger charge is -2.23. The zero-order chi connectivity index (χ0) is 20.4. The number of anilines is 2. The van der Waals surface area contributed by atoms with Crippen LogP contribution in [0, 0.1) is 0 Å². The molecule has 4 nitrogen and oxygen atoms in total. The Hall–Kier alpha value is -3.07. The predicted octanol–water partition coefficient (Wildman–Crippen LogP) is 5.06. The number of rotatable bonds is 5. The van der Waals surface area contributed by atoms with E-state index >= 15 is 0 Å². The van der Waals surface area contributed by atoms with E-state index < -0.39 is 23.9 Å². The SMILES string of the molecule is OC(c1cccc(Nc2nccc(C(F)(F)F)n2)c1)C(F)(F)c1ccccc1. The summed E-state index contributed by atoms with van der Waals surface area (Å²) >= 11 is 0. The Morgan fingerprint density at radius 2 is 1.61 bits per heavy atom. The zero-order valence-electron chi connectivity index (χ0n) is 14.2. The van der Waals surface area contributed by atoms with Crippen LogP contribution in [0.15, 0.2) is 66.9 Å². The van der Waals surface area contributed by atoms with Gasteiger partial charge in [-0.25, -0.2) is 9.97 Å². The zero-order valence-corrected chi connectivity index (χ0v) is 14.2. The summed E-state index contributed by atoms with van der Waals surface area (Å²) in [5.41, 5.74) is -1.47. The summed E-state index contributed by atoms with van der Waals surface area (Å²) < 4.78 is 67.3. The van der Waals surface area contributed by atoms with Gasteiger partial charge < -0.3 is 10.4 Å². The largest absolute Gasteiger partial charge is 0.433 e. The first-order valence-corrected chi connectivity index (χ1v) is 8.06. The second-order valence-electron chi connectivity index (χ2n) is 5.91. The van der Waals surface area contributed by atoms with E-state index in [0.29, 0.717) is 6.07 Å². The van der Waals surface area contributed by atoms with Crippen molar-refractivity contribution in [3.05, 3.63) is 83.7 Å². The summed E-state index contributed by atoms with van der Waals surface area (Å²) in [6, 6.07) is 12.8. The molecule has 0 saturated heterocycles. The van der Waals surface area contributed by atoms with Crippen molar-refractivity contribution in [2.45, 2.75) is 18.2 Å². The molecule has 0 aliphatic carbocycles. The Balaban J connectivity index is 1.85. The van der Waals surface area contributed by atoms with Gasteiger partial charge in [-0.1, -0.05) is 42.5 Å². The molecule has 0 aliphatic rings. The molecule has 9 heteroatoms. The Bertz CT molecular complexity index is 948. The Morgan fingerprint density at radius 1 is 0.893 bits per heavy atom. The molecule has 0 saturated carbocycles. The predicted molar refractivity (Wildman–Crippen MR) is 92.1 cm³/mol. The van der Waals surface area contributed by atoms with Gasteiger partial charge >= 0.3 is 12.1 Å². The average Bonchev–Trinajstić information content (AvgIpc) is 2.68. The summed E-state index contributed by atoms with van der Waals surface area (Å²) in [7, 11) is 0. The van der Waals surface area contributed by atoms with Crippen LogP contribution in [0.4, 0.5) is 33.6 Å². The Labute approximate surface area is 156 Å². The second-order valence-corrected chi connectivity index (χ2v) is 5.91. The van der Waals surface area contributed by atoms with Crippen LogP contribution in [-0.2, 0) is 12.1 Å². The van der Waals surface area contributed by atoms with Crippen molar-refractivity contribution in [1.29, 1.82) is 0 Å². The number of aliphatic hydroxyl groups is 1. The minimum atomic E-state index is -4.64. The maximum Gasteiger partial charge on any atom is 0.433 e. The van der Waals surface area contributed by atoms with Crippen molar-refractivity contribution in [3.63, 3.8) is 0 Å². The molecule has 28 heavy (non-hydrogen) atoms. The molecule has 0 bridgehead atoms. The normalized spacial score (nSPS) is 13.2. The highest BCUT2D eigenvalue weighted by atomic mass is 19.4. The first-order valence-electron chi connectivity index (χ1n) is 8.06. The van der Waals surface area contributed by atoms with E-state index in [1.807, 2.05) is 0 Å². The first kappa shape index (κ1) is 19.7. The highest BCUT2D eigenvalue weighted by Gasteiger charge is 2.41. The standard InChI is InChI=1S/C19H14F5N3O/c20-18(21,13-6-2-1-3-7-13)16(28)12-5-4-8-14(11-12)26-17-25-10-9-15(27-17)19(22,23)24/h1-11,16,28H,(H,25,26,27). The minimum absolute atomic E-state index is 0.120. The lowest BCUT2D eigenvalue weighted by molar-refractivity contribution is -0.141. The van der Waals surface area contributed by atoms with Crippen LogP contribution in [0.5, 0.6) is 0 Å². The summed E-state index contributed by atoms with van der Waals surface area (Å²) in [6.07, 6.45) is -5.87. The summed E-state index contributed by atoms with van der Waals surface area (Å²) in [6.45, 7) is 0. The average molecular weight is 395 g/mol. The monoisotopic (exact) mass is 395 g/mol. The molecule has 1 aromatic heterocycles. The summed E-state index contributed by atoms with van der Waals surface area (Å²) in [5, 5.41) is 12.7. The van der Waals surface area contributed by atoms with Crippen molar-refractivity contribution in [1.82, 2.24) is 9.97 Å². The molecule has 1 unspecified atom stereocenters. The van der Waals surface area contributed by atoms with E-state index in [1.165, 1.54) is 48.5 Å². The molecule has 0 spiro atoms. The molecule has 1 atom stereocenters. The second kappa shape index (κ2) is 7.51. The van der Waals surface area contributed by atoms with Crippen LogP contribution < -0.4 is 5.32 Å². The summed E-state index contributed by atoms with van der Waals surface area (Å²) in [5.74, 6) is -3.91. The van der Waals surface area contributed by atoms with Crippen LogP contribution in [0.25, 0.3) is 0 Å². The van der Waals surface area contributed by atoms with Crippen LogP contribution in [-0.4, -0.2) is 15.1 Å². The molecular formula is C19H14F5N3O. The molecule has 0 fully saturated rings. The van der Waals surface area contributed by atoms with Gasteiger partial charge in [-0.3, -0.25) is 0 Å². The number of halogens is 5. The van der Waals surface area contributed by atoms with Gasteiger partial charge in [0.1, 0.15) is 11.8 Å². The third-order valence-electron chi connectivity index (χ3n) is 3.91. The molecule has 3 aromatic rings. The molecule has 0 radical (unpaired) electrons. The highest BCUT2D eigenvalue weighted by molar-refractivity contribution is 5.55. The molecule has 2 aromatic carbocycles. The smallest absolute Gasteiger partial charge is 0.382 e. The fourth-order valence-electron chi connectivity index (χ4n) is 2.52. The molecule has 0 amide bonds. The number of nitrogens with zero attached hydrogens (tertiary/aromatic N) is 2. The van der Waals surface area contributed by atoms with E-state index in [4.69, 9.17) is 0 Å². The molecule has 3 rings (SSSR count). The van der Waals surface area contributed by atoms with Gasteiger partial charge in [-0.05, 0) is 23.8 Å². The molecular weight excluding hydrogens is 381 g/mol. The van der Waals surface area contributed by atoms with Crippen molar-refractivity contribution in [3.8, 4) is 0 Å². The molecule has 1 heterocycles. The fraction of sp³-hybridized carbons (Fsp3) is 0.158. The minimum Gasteiger partial charge on any atom is -0.382 e. The van der Waals surface area contributed by atoms with Crippen molar-refractivity contribution in [2.24, 2.45) is 0 Å². The van der Waals surface area contributed by atoms with Crippen molar-refractivity contribution >= 4 is 11.6 Å². The number of hydrogen-bond acceptors (Lipinski definition) is 4. The Kier molecular flexibility index (Phi) is 5.28. The number of nitrogens with one attached hydrogen (secondary N) is 1. The van der Waals surface area contributed by atoms with Crippen LogP contribution in [0.1, 0.15) is 22.9 Å². The number of aliphatic hydroxyl groups excluding tert-OH is 1. The Morgan fingerprint density at radius 3 is 2.29 bits per heavy atom. The third kappa shape index (κ3) is 4.25. The maximum atomic E-state index is 14.6. The van der Waals surface area contributed by atoms with Gasteiger partial charge in [-0.15, -0.1) is 0 Å². The van der Waals surface area contributed by atoms with Gasteiger partial charge in [0.15, 0.2) is 0 Å².